The Hall–Kier alpha value is -2.64. The zero-order valence-corrected chi connectivity index (χ0v) is 14.7. The molecule has 0 radical (unpaired) electrons. The van der Waals surface area contributed by atoms with Crippen molar-refractivity contribution in [2.75, 3.05) is 7.11 Å². The van der Waals surface area contributed by atoms with Crippen molar-refractivity contribution in [2.24, 2.45) is 0 Å². The highest BCUT2D eigenvalue weighted by Crippen LogP contribution is 2.21. The third kappa shape index (κ3) is 3.57. The van der Waals surface area contributed by atoms with Gasteiger partial charge in [-0.1, -0.05) is 18.2 Å². The Morgan fingerprint density at radius 1 is 1.12 bits per heavy atom. The van der Waals surface area contributed by atoms with E-state index in [1.165, 1.54) is 19.2 Å². The maximum absolute atomic E-state index is 12.5. The first-order chi connectivity index (χ1) is 11.9. The van der Waals surface area contributed by atoms with Crippen molar-refractivity contribution in [1.29, 1.82) is 0 Å². The van der Waals surface area contributed by atoms with Crippen LogP contribution in [0.3, 0.4) is 0 Å². The first-order valence-corrected chi connectivity index (χ1v) is 9.14. The number of aromatic nitrogens is 1. The summed E-state index contributed by atoms with van der Waals surface area (Å²) in [5, 5.41) is 0.844. The number of aromatic amines is 1. The molecule has 0 atom stereocenters. The topological polar surface area (TPSA) is 88.3 Å². The summed E-state index contributed by atoms with van der Waals surface area (Å²) in [6.45, 7) is 1.68. The number of hydrogen-bond donors (Lipinski definition) is 2. The number of methoxy groups -OCH3 is 1. The molecule has 0 saturated carbocycles. The van der Waals surface area contributed by atoms with Crippen molar-refractivity contribution in [3.8, 4) is 5.75 Å². The van der Waals surface area contributed by atoms with Gasteiger partial charge in [-0.15, -0.1) is 0 Å². The van der Waals surface area contributed by atoms with E-state index in [1.807, 2.05) is 18.2 Å². The molecule has 2 aromatic carbocycles. The second-order valence-electron chi connectivity index (χ2n) is 5.67. The molecule has 3 aromatic rings. The van der Waals surface area contributed by atoms with Crippen LogP contribution in [0.4, 0.5) is 0 Å². The van der Waals surface area contributed by atoms with Crippen LogP contribution in [0.15, 0.2) is 58.2 Å². The Balaban J connectivity index is 1.86. The zero-order chi connectivity index (χ0) is 18.0. The van der Waals surface area contributed by atoms with Gasteiger partial charge in [0.05, 0.1) is 12.0 Å². The van der Waals surface area contributed by atoms with Gasteiger partial charge in [0.1, 0.15) is 5.75 Å². The van der Waals surface area contributed by atoms with E-state index in [1.54, 1.807) is 25.1 Å². The van der Waals surface area contributed by atoms with Crippen molar-refractivity contribution in [1.82, 2.24) is 9.71 Å². The molecule has 7 heteroatoms. The van der Waals surface area contributed by atoms with Crippen LogP contribution in [-0.4, -0.2) is 20.5 Å². The molecule has 0 amide bonds. The molecule has 130 valence electrons. The maximum atomic E-state index is 12.5. The third-order valence-corrected chi connectivity index (χ3v) is 5.36. The van der Waals surface area contributed by atoms with Gasteiger partial charge in [-0.05, 0) is 48.2 Å². The fraction of sp³-hybridized carbons (Fsp3) is 0.167. The number of para-hydroxylation sites is 1. The van der Waals surface area contributed by atoms with Crippen molar-refractivity contribution >= 4 is 20.9 Å². The molecule has 1 aromatic heterocycles. The van der Waals surface area contributed by atoms with Gasteiger partial charge in [0.15, 0.2) is 0 Å². The third-order valence-electron chi connectivity index (χ3n) is 3.96. The molecule has 0 saturated heterocycles. The number of benzene rings is 2. The molecule has 2 N–H and O–H groups in total. The van der Waals surface area contributed by atoms with Crippen molar-refractivity contribution in [3.63, 3.8) is 0 Å². The summed E-state index contributed by atoms with van der Waals surface area (Å²) < 4.78 is 32.5. The molecule has 3 rings (SSSR count). The fourth-order valence-electron chi connectivity index (χ4n) is 2.60. The Labute approximate surface area is 145 Å². The number of fused-ring (bicyclic) bond motifs is 1. The number of nitrogens with one attached hydrogen (secondary N) is 2. The van der Waals surface area contributed by atoms with Gasteiger partial charge in [-0.2, -0.15) is 0 Å². The molecule has 0 bridgehead atoms. The normalized spacial score (nSPS) is 11.6. The Bertz CT molecular complexity index is 1090. The van der Waals surface area contributed by atoms with E-state index in [4.69, 9.17) is 4.74 Å². The lowest BCUT2D eigenvalue weighted by atomic mass is 10.1. The molecule has 0 aliphatic heterocycles. The lowest BCUT2D eigenvalue weighted by molar-refractivity contribution is 0.411. The average Bonchev–Trinajstić information content (AvgIpc) is 2.60. The Morgan fingerprint density at radius 3 is 2.60 bits per heavy atom. The van der Waals surface area contributed by atoms with Crippen LogP contribution < -0.4 is 15.0 Å². The van der Waals surface area contributed by atoms with Gasteiger partial charge < -0.3 is 9.72 Å². The smallest absolute Gasteiger partial charge is 0.252 e. The van der Waals surface area contributed by atoms with Crippen LogP contribution in [0.25, 0.3) is 10.9 Å². The molecular formula is C18H18N2O4S. The summed E-state index contributed by atoms with van der Waals surface area (Å²) in [6.07, 6.45) is 0. The molecule has 0 unspecified atom stereocenters. The molecule has 6 nitrogen and oxygen atoms in total. The van der Waals surface area contributed by atoms with Gasteiger partial charge >= 0.3 is 0 Å². The highest BCUT2D eigenvalue weighted by molar-refractivity contribution is 7.89. The van der Waals surface area contributed by atoms with Gasteiger partial charge in [0.25, 0.3) is 5.56 Å². The minimum absolute atomic E-state index is 0.0897. The molecule has 0 fully saturated rings. The van der Waals surface area contributed by atoms with Crippen LogP contribution in [-0.2, 0) is 16.6 Å². The van der Waals surface area contributed by atoms with E-state index in [-0.39, 0.29) is 17.0 Å². The monoisotopic (exact) mass is 358 g/mol. The number of hydrogen-bond acceptors (Lipinski definition) is 4. The zero-order valence-electron chi connectivity index (χ0n) is 13.9. The van der Waals surface area contributed by atoms with E-state index < -0.39 is 10.0 Å². The van der Waals surface area contributed by atoms with Gasteiger partial charge in [0, 0.05) is 17.6 Å². The summed E-state index contributed by atoms with van der Waals surface area (Å²) in [5.41, 5.74) is 1.47. The summed E-state index contributed by atoms with van der Waals surface area (Å²) in [7, 11) is -2.21. The first-order valence-electron chi connectivity index (χ1n) is 7.66. The Morgan fingerprint density at radius 2 is 1.88 bits per heavy atom. The van der Waals surface area contributed by atoms with Crippen LogP contribution >= 0.6 is 0 Å². The summed E-state index contributed by atoms with van der Waals surface area (Å²) in [5.74, 6) is 0.616. The number of sulfonamides is 1. The van der Waals surface area contributed by atoms with Crippen LogP contribution in [0.2, 0.25) is 0 Å². The largest absolute Gasteiger partial charge is 0.496 e. The molecule has 25 heavy (non-hydrogen) atoms. The number of H-pyrrole nitrogens is 1. The Kier molecular flexibility index (Phi) is 4.61. The second kappa shape index (κ2) is 6.70. The van der Waals surface area contributed by atoms with Crippen LogP contribution in [0, 0.1) is 6.92 Å². The predicted molar refractivity (Wildman–Crippen MR) is 96.3 cm³/mol. The summed E-state index contributed by atoms with van der Waals surface area (Å²) in [6, 6.07) is 13.6. The molecule has 0 aliphatic carbocycles. The van der Waals surface area contributed by atoms with Crippen molar-refractivity contribution in [2.45, 2.75) is 18.4 Å². The number of rotatable bonds is 5. The molecule has 1 heterocycles. The van der Waals surface area contributed by atoms with Gasteiger partial charge in [-0.3, -0.25) is 4.79 Å². The minimum atomic E-state index is -3.73. The maximum Gasteiger partial charge on any atom is 0.252 e. The minimum Gasteiger partial charge on any atom is -0.496 e. The van der Waals surface area contributed by atoms with E-state index in [0.717, 1.165) is 5.39 Å². The summed E-state index contributed by atoms with van der Waals surface area (Å²) >= 11 is 0. The number of aryl methyl sites for hydroxylation is 1. The van der Waals surface area contributed by atoms with Gasteiger partial charge in [-0.25, -0.2) is 13.1 Å². The SMILES string of the molecule is COc1ccc(S(=O)(=O)NCc2cc3ccccc3[nH]c2=O)cc1C. The lowest BCUT2D eigenvalue weighted by Crippen LogP contribution is -2.27. The average molecular weight is 358 g/mol. The highest BCUT2D eigenvalue weighted by atomic mass is 32.2. The lowest BCUT2D eigenvalue weighted by Gasteiger charge is -2.10. The van der Waals surface area contributed by atoms with E-state index in [9.17, 15) is 13.2 Å². The van der Waals surface area contributed by atoms with Crippen LogP contribution in [0.5, 0.6) is 5.75 Å². The van der Waals surface area contributed by atoms with E-state index in [0.29, 0.717) is 22.4 Å². The van der Waals surface area contributed by atoms with E-state index >= 15 is 0 Å². The number of pyridine rings is 1. The quantitative estimate of drug-likeness (QED) is 0.733. The van der Waals surface area contributed by atoms with Crippen molar-refractivity contribution in [3.05, 3.63) is 70.0 Å². The van der Waals surface area contributed by atoms with Gasteiger partial charge in [0.2, 0.25) is 10.0 Å². The standard InChI is InChI=1S/C18H18N2O4S/c1-12-9-15(7-8-17(12)24-2)25(22,23)19-11-14-10-13-5-3-4-6-16(13)20-18(14)21/h3-10,19H,11H2,1-2H3,(H,20,21). The summed E-state index contributed by atoms with van der Waals surface area (Å²) in [4.78, 5) is 15.0. The first kappa shape index (κ1) is 17.2. The van der Waals surface area contributed by atoms with E-state index in [2.05, 4.69) is 9.71 Å². The molecule has 0 aliphatic rings. The van der Waals surface area contributed by atoms with Crippen LogP contribution in [0.1, 0.15) is 11.1 Å². The van der Waals surface area contributed by atoms with Crippen molar-refractivity contribution < 1.29 is 13.2 Å². The predicted octanol–water partition coefficient (Wildman–Crippen LogP) is 2.32. The molecular weight excluding hydrogens is 340 g/mol. The molecule has 0 spiro atoms. The fourth-order valence-corrected chi connectivity index (χ4v) is 3.69. The number of ether oxygens (including phenoxy) is 1. The highest BCUT2D eigenvalue weighted by Gasteiger charge is 2.16. The second-order valence-corrected chi connectivity index (χ2v) is 7.43.